The molecule has 2 heterocycles. The number of phenols is 1. The smallest absolute Gasteiger partial charge is 0.320 e. The fourth-order valence-corrected chi connectivity index (χ4v) is 3.31. The van der Waals surface area contributed by atoms with Gasteiger partial charge in [-0.3, -0.25) is 0 Å². The summed E-state index contributed by atoms with van der Waals surface area (Å²) in [6.45, 7) is 0. The summed E-state index contributed by atoms with van der Waals surface area (Å²) in [5.74, 6) is 0.876. The minimum Gasteiger partial charge on any atom is -0.507 e. The summed E-state index contributed by atoms with van der Waals surface area (Å²) in [4.78, 5) is 13.4. The van der Waals surface area contributed by atoms with Crippen LogP contribution in [-0.4, -0.2) is 27.2 Å². The van der Waals surface area contributed by atoms with Crippen molar-refractivity contribution in [3.05, 3.63) is 66.7 Å². The van der Waals surface area contributed by atoms with Gasteiger partial charge in [-0.05, 0) is 24.3 Å². The Morgan fingerprint density at radius 3 is 2.25 bits per heavy atom. The van der Waals surface area contributed by atoms with Crippen molar-refractivity contribution in [2.75, 3.05) is 7.11 Å². The molecule has 0 fully saturated rings. The van der Waals surface area contributed by atoms with Gasteiger partial charge in [-0.2, -0.15) is 9.97 Å². The van der Waals surface area contributed by atoms with Gasteiger partial charge < -0.3 is 14.3 Å². The minimum absolute atomic E-state index is 0.0914. The number of nitrogens with zero attached hydrogens (tertiary/aromatic N) is 3. The molecule has 28 heavy (non-hydrogen) atoms. The maximum atomic E-state index is 10.2. The van der Waals surface area contributed by atoms with Crippen LogP contribution in [0.25, 0.3) is 44.7 Å². The molecule has 0 aliphatic rings. The molecule has 0 saturated carbocycles. The van der Waals surface area contributed by atoms with E-state index < -0.39 is 0 Å². The van der Waals surface area contributed by atoms with Crippen molar-refractivity contribution < 1.29 is 14.3 Å². The van der Waals surface area contributed by atoms with E-state index in [9.17, 15) is 5.11 Å². The molecule has 0 atom stereocenters. The first kappa shape index (κ1) is 16.3. The average molecular weight is 369 g/mol. The lowest BCUT2D eigenvalue weighted by atomic mass is 10.1. The van der Waals surface area contributed by atoms with Crippen LogP contribution in [0.2, 0.25) is 0 Å². The standard InChI is InChI=1S/C22H15N3O3/c1-27-22-24-20(13-7-2-4-10-16(13)26)23-21(25-22)15-9-6-12-18-19(15)14-8-3-5-11-17(14)28-18/h2-12,26H,1H3. The van der Waals surface area contributed by atoms with Gasteiger partial charge in [0.2, 0.25) is 0 Å². The number of ether oxygens (including phenoxy) is 1. The van der Waals surface area contributed by atoms with Gasteiger partial charge in [-0.25, -0.2) is 4.98 Å². The van der Waals surface area contributed by atoms with Crippen LogP contribution in [-0.2, 0) is 0 Å². The van der Waals surface area contributed by atoms with E-state index in [0.717, 1.165) is 27.5 Å². The highest BCUT2D eigenvalue weighted by molar-refractivity contribution is 6.11. The second kappa shape index (κ2) is 6.35. The number of hydrogen-bond acceptors (Lipinski definition) is 6. The Morgan fingerprint density at radius 2 is 1.43 bits per heavy atom. The molecule has 0 unspecified atom stereocenters. The SMILES string of the molecule is COc1nc(-c2ccccc2O)nc(-c2cccc3oc4ccccc4c23)n1. The molecule has 0 aliphatic carbocycles. The number of fused-ring (bicyclic) bond motifs is 3. The van der Waals surface area contributed by atoms with E-state index >= 15 is 0 Å². The summed E-state index contributed by atoms with van der Waals surface area (Å²) in [6, 6.07) is 20.7. The van der Waals surface area contributed by atoms with E-state index in [1.54, 1.807) is 18.2 Å². The van der Waals surface area contributed by atoms with Crippen LogP contribution in [0.15, 0.2) is 71.1 Å². The first-order chi connectivity index (χ1) is 13.7. The van der Waals surface area contributed by atoms with Crippen LogP contribution < -0.4 is 4.74 Å². The number of para-hydroxylation sites is 2. The first-order valence-electron chi connectivity index (χ1n) is 8.73. The van der Waals surface area contributed by atoms with Crippen LogP contribution in [0.5, 0.6) is 11.8 Å². The molecule has 5 rings (SSSR count). The Labute approximate surface area is 160 Å². The Hall–Kier alpha value is -3.93. The number of benzene rings is 3. The molecule has 136 valence electrons. The molecule has 2 aromatic heterocycles. The number of methoxy groups -OCH3 is 1. The maximum Gasteiger partial charge on any atom is 0.320 e. The molecule has 0 bridgehead atoms. The third kappa shape index (κ3) is 2.54. The van der Waals surface area contributed by atoms with Gasteiger partial charge in [0, 0.05) is 16.3 Å². The molecular formula is C22H15N3O3. The molecule has 6 heteroatoms. The predicted molar refractivity (Wildman–Crippen MR) is 106 cm³/mol. The summed E-state index contributed by atoms with van der Waals surface area (Å²) in [6.07, 6.45) is 0. The van der Waals surface area contributed by atoms with Crippen molar-refractivity contribution in [1.29, 1.82) is 0 Å². The fraction of sp³-hybridized carbons (Fsp3) is 0.0455. The third-order valence-corrected chi connectivity index (χ3v) is 4.59. The molecule has 0 radical (unpaired) electrons. The predicted octanol–water partition coefficient (Wildman–Crippen LogP) is 4.82. The van der Waals surface area contributed by atoms with E-state index in [4.69, 9.17) is 9.15 Å². The largest absolute Gasteiger partial charge is 0.507 e. The van der Waals surface area contributed by atoms with Crippen molar-refractivity contribution in [2.45, 2.75) is 0 Å². The fourth-order valence-electron chi connectivity index (χ4n) is 3.31. The molecular weight excluding hydrogens is 354 g/mol. The van der Waals surface area contributed by atoms with Crippen molar-refractivity contribution >= 4 is 21.9 Å². The number of aromatic nitrogens is 3. The van der Waals surface area contributed by atoms with Gasteiger partial charge in [0.05, 0.1) is 12.7 Å². The van der Waals surface area contributed by atoms with Gasteiger partial charge in [-0.15, -0.1) is 0 Å². The van der Waals surface area contributed by atoms with Gasteiger partial charge in [0.15, 0.2) is 11.6 Å². The molecule has 5 aromatic rings. The van der Waals surface area contributed by atoms with Crippen LogP contribution in [0.3, 0.4) is 0 Å². The minimum atomic E-state index is 0.0914. The van der Waals surface area contributed by atoms with Crippen molar-refractivity contribution in [3.8, 4) is 34.5 Å². The lowest BCUT2D eigenvalue weighted by Crippen LogP contribution is -2.01. The monoisotopic (exact) mass is 369 g/mol. The Bertz CT molecular complexity index is 1330. The number of rotatable bonds is 3. The molecule has 0 amide bonds. The number of phenolic OH excluding ortho intramolecular Hbond substituents is 1. The van der Waals surface area contributed by atoms with Crippen molar-refractivity contribution in [2.24, 2.45) is 0 Å². The second-order valence-corrected chi connectivity index (χ2v) is 6.26. The average Bonchev–Trinajstić information content (AvgIpc) is 3.12. The lowest BCUT2D eigenvalue weighted by Gasteiger charge is -2.08. The first-order valence-corrected chi connectivity index (χ1v) is 8.73. The van der Waals surface area contributed by atoms with Gasteiger partial charge in [0.25, 0.3) is 0 Å². The highest BCUT2D eigenvalue weighted by Crippen LogP contribution is 2.36. The summed E-state index contributed by atoms with van der Waals surface area (Å²) < 4.78 is 11.3. The number of furan rings is 1. The Balaban J connectivity index is 1.80. The van der Waals surface area contributed by atoms with E-state index in [2.05, 4.69) is 15.0 Å². The van der Waals surface area contributed by atoms with Crippen LogP contribution >= 0.6 is 0 Å². The van der Waals surface area contributed by atoms with Crippen molar-refractivity contribution in [3.63, 3.8) is 0 Å². The zero-order chi connectivity index (χ0) is 19.1. The Kier molecular flexibility index (Phi) is 3.69. The molecule has 6 nitrogen and oxygen atoms in total. The summed E-state index contributed by atoms with van der Waals surface area (Å²) in [5.41, 5.74) is 2.86. The summed E-state index contributed by atoms with van der Waals surface area (Å²) in [5, 5.41) is 12.1. The highest BCUT2D eigenvalue weighted by atomic mass is 16.5. The Morgan fingerprint density at radius 1 is 0.750 bits per heavy atom. The molecule has 0 saturated heterocycles. The molecule has 3 aromatic carbocycles. The van der Waals surface area contributed by atoms with Crippen molar-refractivity contribution in [1.82, 2.24) is 15.0 Å². The molecule has 0 spiro atoms. The summed E-state index contributed by atoms with van der Waals surface area (Å²) in [7, 11) is 1.50. The summed E-state index contributed by atoms with van der Waals surface area (Å²) >= 11 is 0. The highest BCUT2D eigenvalue weighted by Gasteiger charge is 2.17. The topological polar surface area (TPSA) is 81.3 Å². The second-order valence-electron chi connectivity index (χ2n) is 6.26. The zero-order valence-electron chi connectivity index (χ0n) is 15.0. The van der Waals surface area contributed by atoms with E-state index in [-0.39, 0.29) is 11.8 Å². The lowest BCUT2D eigenvalue weighted by molar-refractivity contribution is 0.379. The van der Waals surface area contributed by atoms with Gasteiger partial charge >= 0.3 is 6.01 Å². The molecule has 0 aliphatic heterocycles. The third-order valence-electron chi connectivity index (χ3n) is 4.59. The van der Waals surface area contributed by atoms with E-state index in [1.165, 1.54) is 7.11 Å². The quantitative estimate of drug-likeness (QED) is 0.491. The van der Waals surface area contributed by atoms with Gasteiger partial charge in [-0.1, -0.05) is 42.5 Å². The molecule has 1 N–H and O–H groups in total. The number of aromatic hydroxyl groups is 1. The van der Waals surface area contributed by atoms with Crippen LogP contribution in [0.1, 0.15) is 0 Å². The van der Waals surface area contributed by atoms with Gasteiger partial charge in [0.1, 0.15) is 16.9 Å². The maximum absolute atomic E-state index is 10.2. The zero-order valence-corrected chi connectivity index (χ0v) is 15.0. The van der Waals surface area contributed by atoms with E-state index in [0.29, 0.717) is 17.2 Å². The number of hydrogen-bond donors (Lipinski definition) is 1. The van der Waals surface area contributed by atoms with Crippen LogP contribution in [0, 0.1) is 0 Å². The van der Waals surface area contributed by atoms with E-state index in [1.807, 2.05) is 48.5 Å². The van der Waals surface area contributed by atoms with Crippen LogP contribution in [0.4, 0.5) is 0 Å². The normalized spacial score (nSPS) is 11.2.